The van der Waals surface area contributed by atoms with Gasteiger partial charge in [0.15, 0.2) is 0 Å². The minimum Gasteiger partial charge on any atom is -0.313 e. The molecule has 88 valence electrons. The Balaban J connectivity index is 4.87. The molecule has 2 nitrogen and oxygen atoms in total. The van der Waals surface area contributed by atoms with Gasteiger partial charge in [0, 0.05) is 11.7 Å². The van der Waals surface area contributed by atoms with E-state index in [4.69, 9.17) is 5.84 Å². The lowest BCUT2D eigenvalue weighted by Gasteiger charge is -2.26. The first-order valence-electron chi connectivity index (χ1n) is 5.84. The Morgan fingerprint density at radius 2 is 1.80 bits per heavy atom. The van der Waals surface area contributed by atoms with Crippen LogP contribution in [0.1, 0.15) is 48.0 Å². The summed E-state index contributed by atoms with van der Waals surface area (Å²) in [4.78, 5) is 0. The Hall–Kier alpha value is -0.760. The number of hydrogen-bond donors (Lipinski definition) is 1. The summed E-state index contributed by atoms with van der Waals surface area (Å²) in [7, 11) is 0. The van der Waals surface area contributed by atoms with Gasteiger partial charge in [0.25, 0.3) is 0 Å². The van der Waals surface area contributed by atoms with E-state index in [1.807, 2.05) is 5.01 Å². The summed E-state index contributed by atoms with van der Waals surface area (Å²) in [6, 6.07) is 0.349. The van der Waals surface area contributed by atoms with E-state index in [-0.39, 0.29) is 0 Å². The molecule has 0 heterocycles. The second-order valence-electron chi connectivity index (χ2n) is 4.43. The molecular formula is C13H26N2. The Morgan fingerprint density at radius 3 is 2.07 bits per heavy atom. The smallest absolute Gasteiger partial charge is 0.0392 e. The van der Waals surface area contributed by atoms with Crippen molar-refractivity contribution in [3.05, 3.63) is 23.4 Å². The van der Waals surface area contributed by atoms with Crippen LogP contribution in [-0.2, 0) is 0 Å². The van der Waals surface area contributed by atoms with Gasteiger partial charge in [0.1, 0.15) is 0 Å². The summed E-state index contributed by atoms with van der Waals surface area (Å²) >= 11 is 0. The van der Waals surface area contributed by atoms with Crippen LogP contribution in [-0.4, -0.2) is 11.1 Å². The zero-order valence-electron chi connectivity index (χ0n) is 11.0. The fraction of sp³-hybridized carbons (Fsp3) is 0.692. The van der Waals surface area contributed by atoms with Crippen molar-refractivity contribution in [1.82, 2.24) is 5.01 Å². The zero-order valence-corrected chi connectivity index (χ0v) is 11.0. The van der Waals surface area contributed by atoms with Gasteiger partial charge in [-0.1, -0.05) is 26.8 Å². The van der Waals surface area contributed by atoms with Crippen LogP contribution in [0.3, 0.4) is 0 Å². The molecular weight excluding hydrogens is 184 g/mol. The number of hydrogen-bond acceptors (Lipinski definition) is 2. The molecule has 0 bridgehead atoms. The highest BCUT2D eigenvalue weighted by molar-refractivity contribution is 5.24. The molecule has 0 radical (unpaired) electrons. The van der Waals surface area contributed by atoms with Gasteiger partial charge < -0.3 is 5.01 Å². The van der Waals surface area contributed by atoms with Crippen molar-refractivity contribution < 1.29 is 0 Å². The molecule has 15 heavy (non-hydrogen) atoms. The van der Waals surface area contributed by atoms with Gasteiger partial charge in [-0.3, -0.25) is 0 Å². The lowest BCUT2D eigenvalue weighted by Crippen LogP contribution is -2.36. The van der Waals surface area contributed by atoms with Gasteiger partial charge in [-0.2, -0.15) is 0 Å². The molecule has 0 aromatic carbocycles. The second kappa shape index (κ2) is 6.67. The van der Waals surface area contributed by atoms with Crippen LogP contribution in [0.2, 0.25) is 0 Å². The van der Waals surface area contributed by atoms with E-state index >= 15 is 0 Å². The fourth-order valence-electron chi connectivity index (χ4n) is 1.47. The molecule has 0 unspecified atom stereocenters. The van der Waals surface area contributed by atoms with Crippen molar-refractivity contribution in [2.45, 2.75) is 54.0 Å². The molecule has 0 spiro atoms. The largest absolute Gasteiger partial charge is 0.313 e. The Bertz CT molecular complexity index is 237. The summed E-state index contributed by atoms with van der Waals surface area (Å²) in [5, 5.41) is 1.85. The van der Waals surface area contributed by atoms with Crippen LogP contribution in [0.4, 0.5) is 0 Å². The maximum Gasteiger partial charge on any atom is 0.0392 e. The topological polar surface area (TPSA) is 29.3 Å². The molecule has 0 saturated heterocycles. The third kappa shape index (κ3) is 4.52. The summed E-state index contributed by atoms with van der Waals surface area (Å²) < 4.78 is 0. The Kier molecular flexibility index (Phi) is 6.34. The minimum atomic E-state index is 0.349. The van der Waals surface area contributed by atoms with E-state index in [1.165, 1.54) is 11.3 Å². The maximum atomic E-state index is 6.01. The molecule has 0 saturated carbocycles. The van der Waals surface area contributed by atoms with Crippen molar-refractivity contribution in [1.29, 1.82) is 0 Å². The van der Waals surface area contributed by atoms with Crippen LogP contribution >= 0.6 is 0 Å². The quantitative estimate of drug-likeness (QED) is 0.428. The van der Waals surface area contributed by atoms with Crippen LogP contribution in [0.5, 0.6) is 0 Å². The van der Waals surface area contributed by atoms with Crippen LogP contribution in [0.25, 0.3) is 0 Å². The predicted molar refractivity (Wildman–Crippen MR) is 68.1 cm³/mol. The lowest BCUT2D eigenvalue weighted by atomic mass is 10.0. The first-order chi connectivity index (χ1) is 6.93. The zero-order chi connectivity index (χ0) is 12.0. The van der Waals surface area contributed by atoms with Crippen LogP contribution in [0, 0.1) is 5.92 Å². The van der Waals surface area contributed by atoms with Crippen molar-refractivity contribution in [2.75, 3.05) is 0 Å². The average Bonchev–Trinajstić information content (AvgIpc) is 2.18. The van der Waals surface area contributed by atoms with E-state index in [2.05, 4.69) is 53.7 Å². The molecule has 0 amide bonds. The number of nitrogens with zero attached hydrogens (tertiary/aromatic N) is 1. The second-order valence-corrected chi connectivity index (χ2v) is 4.43. The highest BCUT2D eigenvalue weighted by Gasteiger charge is 2.08. The van der Waals surface area contributed by atoms with Gasteiger partial charge in [0.2, 0.25) is 0 Å². The van der Waals surface area contributed by atoms with Gasteiger partial charge in [-0.25, -0.2) is 5.84 Å². The molecule has 0 aromatic rings. The predicted octanol–water partition coefficient (Wildman–Crippen LogP) is 3.47. The monoisotopic (exact) mass is 210 g/mol. The third-order valence-corrected chi connectivity index (χ3v) is 2.58. The molecule has 0 aliphatic rings. The normalized spacial score (nSPS) is 13.9. The van der Waals surface area contributed by atoms with Crippen molar-refractivity contribution >= 4 is 0 Å². The van der Waals surface area contributed by atoms with Crippen LogP contribution in [0.15, 0.2) is 23.4 Å². The lowest BCUT2D eigenvalue weighted by molar-refractivity contribution is 0.285. The average molecular weight is 210 g/mol. The van der Waals surface area contributed by atoms with Gasteiger partial charge >= 0.3 is 0 Å². The molecule has 0 aliphatic carbocycles. The van der Waals surface area contributed by atoms with Crippen molar-refractivity contribution in [3.8, 4) is 0 Å². The molecule has 2 N–H and O–H groups in total. The summed E-state index contributed by atoms with van der Waals surface area (Å²) in [6.45, 7) is 12.8. The summed E-state index contributed by atoms with van der Waals surface area (Å²) in [5.41, 5.74) is 2.55. The van der Waals surface area contributed by atoms with Crippen molar-refractivity contribution in [3.63, 3.8) is 0 Å². The molecule has 0 atom stereocenters. The number of rotatable bonds is 5. The standard InChI is InChI=1S/C13H26N2/c1-7-12(10(3)4)9-13(8-2)15(14)11(5)6/h7,9-11H,8,14H2,1-6H3/b12-7+,13-9-. The highest BCUT2D eigenvalue weighted by atomic mass is 15.4. The highest BCUT2D eigenvalue weighted by Crippen LogP contribution is 2.17. The van der Waals surface area contributed by atoms with E-state index in [9.17, 15) is 0 Å². The Labute approximate surface area is 94.8 Å². The van der Waals surface area contributed by atoms with Gasteiger partial charge in [-0.15, -0.1) is 0 Å². The summed E-state index contributed by atoms with van der Waals surface area (Å²) in [5.74, 6) is 6.57. The molecule has 0 rings (SSSR count). The third-order valence-electron chi connectivity index (χ3n) is 2.58. The maximum absolute atomic E-state index is 6.01. The van der Waals surface area contributed by atoms with E-state index in [0.717, 1.165) is 6.42 Å². The Morgan fingerprint density at radius 1 is 1.27 bits per heavy atom. The first kappa shape index (κ1) is 14.2. The fourth-order valence-corrected chi connectivity index (χ4v) is 1.47. The van der Waals surface area contributed by atoms with Crippen LogP contribution < -0.4 is 5.84 Å². The minimum absolute atomic E-state index is 0.349. The number of allylic oxidation sites excluding steroid dienone is 4. The van der Waals surface area contributed by atoms with E-state index in [0.29, 0.717) is 12.0 Å². The number of hydrazine groups is 1. The van der Waals surface area contributed by atoms with Crippen molar-refractivity contribution in [2.24, 2.45) is 11.8 Å². The van der Waals surface area contributed by atoms with Gasteiger partial charge in [0.05, 0.1) is 0 Å². The molecule has 2 heteroatoms. The summed E-state index contributed by atoms with van der Waals surface area (Å²) in [6.07, 6.45) is 5.35. The molecule has 0 aromatic heterocycles. The molecule has 0 fully saturated rings. The molecule has 0 aliphatic heterocycles. The van der Waals surface area contributed by atoms with E-state index in [1.54, 1.807) is 0 Å². The van der Waals surface area contributed by atoms with Gasteiger partial charge in [-0.05, 0) is 44.8 Å². The van der Waals surface area contributed by atoms with E-state index < -0.39 is 0 Å². The SMILES string of the molecule is C/C=C(\C=C(\CC)N(N)C(C)C)C(C)C. The number of nitrogens with two attached hydrogens (primary N) is 1. The first-order valence-corrected chi connectivity index (χ1v) is 5.84.